The first-order valence-corrected chi connectivity index (χ1v) is 44.6. The van der Waals surface area contributed by atoms with Crippen LogP contribution in [0.4, 0.5) is 0 Å². The number of ether oxygens (including phenoxy) is 10. The molecule has 2 rings (SSSR count). The van der Waals surface area contributed by atoms with E-state index in [2.05, 4.69) is 294 Å². The smallest absolute Gasteiger partial charge is 0.333 e. The summed E-state index contributed by atoms with van der Waals surface area (Å²) in [7, 11) is 0. The number of thiol groups is 14. The van der Waals surface area contributed by atoms with Crippen LogP contribution in [0.5, 0.6) is 0 Å². The lowest BCUT2D eigenvalue weighted by atomic mass is 9.83. The number of carbonyl (C=O) groups is 14. The van der Waals surface area contributed by atoms with Gasteiger partial charge in [0.1, 0.15) is 47.5 Å². The van der Waals surface area contributed by atoms with Crippen LogP contribution in [0.1, 0.15) is 152 Å². The Labute approximate surface area is 798 Å². The molecule has 0 aromatic rings. The van der Waals surface area contributed by atoms with Crippen molar-refractivity contribution in [2.75, 3.05) is 89.5 Å². The number of Topliss-reactive ketones (excluding diaryl/α,β-unsaturated/α-hetero) is 3. The van der Waals surface area contributed by atoms with Crippen LogP contribution in [-0.4, -0.2) is 177 Å². The van der Waals surface area contributed by atoms with Crippen LogP contribution in [0.15, 0.2) is 173 Å². The number of hydrogen-bond acceptors (Lipinski definition) is 38. The second-order valence-corrected chi connectivity index (χ2v) is 28.8. The second-order valence-electron chi connectivity index (χ2n) is 23.6. The van der Waals surface area contributed by atoms with Gasteiger partial charge in [-0.3, -0.25) is 19.2 Å². The summed E-state index contributed by atoms with van der Waals surface area (Å²) < 4.78 is 45.2. The molecule has 0 aromatic heterocycles. The van der Waals surface area contributed by atoms with E-state index in [1.807, 2.05) is 0 Å². The fraction of sp³-hybridized carbons (Fsp3) is 0.494. The molecule has 2 fully saturated rings. The van der Waals surface area contributed by atoms with E-state index in [0.29, 0.717) is 118 Å². The lowest BCUT2D eigenvalue weighted by Crippen LogP contribution is -2.27. The highest BCUT2D eigenvalue weighted by Crippen LogP contribution is 2.36. The molecular weight excluding hydrogens is 1830 g/mol. The standard InChI is InChI=1S/2C12H20O2S.3C6H10OS.4C5H8O2S.C5H8OS.4C4H6O2S/c1-9(2)12(13)14-7-10-3-5-11(8-15)6-4-10;1-10(2)11(13)14-9-8-12(15)6-4-3-5-7-12;3*1-5(2)6(7)3-4-8;4*1-4(2)5(6)7-3-8;1-2-5(6)3-4-7;4*1-2-4(5)6-3-7/h10-11,15H,1,3-8H2,2H3;15H,1,3-9H2,2H3;3*8H,1,3-4H2,2H3;4*8H,1,3H2,2H3;2,7H,1,3-4H2;4*2,7H,1,3H2. The van der Waals surface area contributed by atoms with E-state index >= 15 is 0 Å². The molecule has 24 nitrogen and oxygen atoms in total. The first-order chi connectivity index (χ1) is 56.5. The summed E-state index contributed by atoms with van der Waals surface area (Å²) in [5.74, 6) is 2.25. The van der Waals surface area contributed by atoms with Crippen LogP contribution in [-0.2, 0) is 114 Å². The van der Waals surface area contributed by atoms with Crippen LogP contribution in [0.2, 0.25) is 0 Å². The fourth-order valence-electron chi connectivity index (χ4n) is 6.19. The molecule has 0 amide bonds. The largest absolute Gasteiger partial charge is 0.462 e. The summed E-state index contributed by atoms with van der Waals surface area (Å²) in [5, 5.41) is 0. The van der Waals surface area contributed by atoms with Crippen LogP contribution in [0, 0.1) is 11.8 Å². The molecule has 0 radical (unpaired) electrons. The van der Waals surface area contributed by atoms with E-state index < -0.39 is 23.9 Å². The highest BCUT2D eigenvalue weighted by Gasteiger charge is 2.28. The Bertz CT molecular complexity index is 2750. The van der Waals surface area contributed by atoms with Crippen molar-refractivity contribution in [1.82, 2.24) is 0 Å². The molecule has 2 aliphatic carbocycles. The number of rotatable bonds is 36. The molecule has 0 spiro atoms. The molecule has 0 unspecified atom stereocenters. The van der Waals surface area contributed by atoms with E-state index in [-0.39, 0.29) is 111 Å². The molecule has 2 aliphatic rings. The molecule has 0 atom stereocenters. The molecule has 0 aromatic carbocycles. The minimum absolute atomic E-state index is 0.0648. The number of ketones is 4. The minimum atomic E-state index is -0.435. The Morgan fingerprint density at radius 2 is 0.521 bits per heavy atom. The van der Waals surface area contributed by atoms with Gasteiger partial charge in [0.2, 0.25) is 0 Å². The third kappa shape index (κ3) is 119. The molecule has 121 heavy (non-hydrogen) atoms. The van der Waals surface area contributed by atoms with Gasteiger partial charge in [-0.2, -0.15) is 75.8 Å². The Hall–Kier alpha value is -5.36. The summed E-state index contributed by atoms with van der Waals surface area (Å²) in [6.07, 6.45) is 19.4. The van der Waals surface area contributed by atoms with Crippen molar-refractivity contribution in [3.63, 3.8) is 0 Å². The maximum absolute atomic E-state index is 11.2. The van der Waals surface area contributed by atoms with Crippen LogP contribution in [0.25, 0.3) is 0 Å². The van der Waals surface area contributed by atoms with Crippen LogP contribution in [0.3, 0.4) is 0 Å². The lowest BCUT2D eigenvalue weighted by Gasteiger charge is -2.32. The van der Waals surface area contributed by atoms with E-state index in [0.717, 1.165) is 68.1 Å². The van der Waals surface area contributed by atoms with Crippen LogP contribution >= 0.6 is 177 Å². The monoisotopic (exact) mass is 1960 g/mol. The van der Waals surface area contributed by atoms with E-state index in [4.69, 9.17) is 22.1 Å². The Morgan fingerprint density at radius 3 is 0.678 bits per heavy atom. The number of carbonyl (C=O) groups excluding carboxylic acids is 14. The first-order valence-electron chi connectivity index (χ1n) is 36.0. The van der Waals surface area contributed by atoms with Crippen molar-refractivity contribution >= 4 is 260 Å². The second kappa shape index (κ2) is 103. The van der Waals surface area contributed by atoms with Gasteiger partial charge in [0.15, 0.2) is 23.1 Å². The highest BCUT2D eigenvalue weighted by atomic mass is 32.1. The number of allylic oxidation sites excluding steroid dienone is 4. The van der Waals surface area contributed by atoms with Gasteiger partial charge in [-0.1, -0.05) is 111 Å². The first kappa shape index (κ1) is 141. The molecule has 0 aliphatic heterocycles. The number of hydrogen-bond donors (Lipinski definition) is 14. The van der Waals surface area contributed by atoms with Gasteiger partial charge in [-0.15, -0.1) is 101 Å². The summed E-state index contributed by atoms with van der Waals surface area (Å²) >= 11 is 53.7. The summed E-state index contributed by atoms with van der Waals surface area (Å²) in [6, 6.07) is 0. The third-order valence-electron chi connectivity index (χ3n) is 12.7. The van der Waals surface area contributed by atoms with Gasteiger partial charge in [0.25, 0.3) is 0 Å². The Balaban J connectivity index is -0.000000107. The van der Waals surface area contributed by atoms with Crippen molar-refractivity contribution < 1.29 is 114 Å². The van der Waals surface area contributed by atoms with E-state index in [1.165, 1.54) is 38.2 Å². The van der Waals surface area contributed by atoms with Crippen molar-refractivity contribution in [2.24, 2.45) is 11.8 Å². The number of esters is 10. The van der Waals surface area contributed by atoms with Gasteiger partial charge in [-0.05, 0) is 171 Å². The molecule has 2 saturated carbocycles. The van der Waals surface area contributed by atoms with E-state index in [1.54, 1.807) is 62.3 Å². The average molecular weight is 1960 g/mol. The van der Waals surface area contributed by atoms with Crippen molar-refractivity contribution in [1.29, 1.82) is 0 Å². The normalized spacial score (nSPS) is 11.8. The van der Waals surface area contributed by atoms with E-state index in [9.17, 15) is 67.1 Å². The molecule has 38 heteroatoms. The predicted molar refractivity (Wildman–Crippen MR) is 538 cm³/mol. The molecule has 0 saturated heterocycles. The zero-order chi connectivity index (χ0) is 97.0. The zero-order valence-electron chi connectivity index (χ0n) is 71.5. The van der Waals surface area contributed by atoms with Crippen molar-refractivity contribution in [3.8, 4) is 0 Å². The summed E-state index contributed by atoms with van der Waals surface area (Å²) in [4.78, 5) is 146. The zero-order valence-corrected chi connectivity index (χ0v) is 84.0. The Kier molecular flexibility index (Phi) is 121. The SMILES string of the molecule is C=C(C)C(=O)CCS.C=C(C)C(=O)CCS.C=C(C)C(=O)CCS.C=C(C)C(=O)OCC1CCC(CS)CC1.C=C(C)C(=O)OCCC1(S)CCCCC1.C=C(C)C(=O)OCS.C=C(C)C(=O)OCS.C=C(C)C(=O)OCS.C=C(C)C(=O)OCS.C=CC(=O)CCS.C=CC(=O)OCS.C=CC(=O)OCS.C=CC(=O)OCS.C=CC(=O)OCS. The maximum Gasteiger partial charge on any atom is 0.333 e. The summed E-state index contributed by atoms with van der Waals surface area (Å²) in [6.45, 7) is 62.9. The quantitative estimate of drug-likeness (QED) is 0.00911. The van der Waals surface area contributed by atoms with Gasteiger partial charge < -0.3 is 47.4 Å². The molecule has 0 N–H and O–H groups in total. The third-order valence-corrected chi connectivity index (χ3v) is 15.8. The lowest BCUT2D eigenvalue weighted by molar-refractivity contribution is -0.141. The Morgan fingerprint density at radius 1 is 0.298 bits per heavy atom. The molecule has 0 bridgehead atoms. The highest BCUT2D eigenvalue weighted by molar-refractivity contribution is 7.82. The maximum atomic E-state index is 11.2. The van der Waals surface area contributed by atoms with Crippen LogP contribution < -0.4 is 0 Å². The van der Waals surface area contributed by atoms with Crippen molar-refractivity contribution in [3.05, 3.63) is 173 Å². The van der Waals surface area contributed by atoms with Gasteiger partial charge in [0, 0.05) is 88.2 Å². The van der Waals surface area contributed by atoms with Gasteiger partial charge in [0.05, 0.1) is 13.2 Å². The summed E-state index contributed by atoms with van der Waals surface area (Å²) in [5.41, 5.74) is 4.43. The van der Waals surface area contributed by atoms with Gasteiger partial charge in [-0.25, -0.2) is 47.9 Å². The molecule has 694 valence electrons. The fourth-order valence-corrected chi connectivity index (χ4v) is 8.77. The predicted octanol–water partition coefficient (Wildman–Crippen LogP) is 17.8. The van der Waals surface area contributed by atoms with Gasteiger partial charge >= 0.3 is 59.7 Å². The molecular formula is C83H134O24S14. The average Bonchev–Trinajstić information content (AvgIpc) is 0.856. The molecule has 0 heterocycles. The van der Waals surface area contributed by atoms with Crippen molar-refractivity contribution in [2.45, 2.75) is 157 Å². The minimum Gasteiger partial charge on any atom is -0.462 e. The topological polar surface area (TPSA) is 331 Å².